The maximum Gasteiger partial charge on any atom is 0.280 e. The van der Waals surface area contributed by atoms with Crippen LogP contribution in [-0.4, -0.2) is 19.1 Å². The topological polar surface area (TPSA) is 38.3 Å². The predicted molar refractivity (Wildman–Crippen MR) is 128 cm³/mol. The van der Waals surface area contributed by atoms with Gasteiger partial charge in [0, 0.05) is 6.54 Å². The molecule has 2 aromatic carbocycles. The number of carbonyl (C=O) groups is 1. The lowest BCUT2D eigenvalue weighted by Crippen LogP contribution is -2.27. The summed E-state index contributed by atoms with van der Waals surface area (Å²) < 4.78 is 19.9. The molecule has 31 heavy (non-hydrogen) atoms. The summed E-state index contributed by atoms with van der Waals surface area (Å²) in [6.45, 7) is 6.81. The van der Waals surface area contributed by atoms with Crippen molar-refractivity contribution < 1.29 is 13.9 Å². The second-order valence-corrected chi connectivity index (χ2v) is 8.42. The van der Waals surface area contributed by atoms with Crippen LogP contribution < -0.4 is 10.1 Å². The molecule has 0 atom stereocenters. The highest BCUT2D eigenvalue weighted by molar-refractivity contribution is 5.92. The van der Waals surface area contributed by atoms with E-state index in [0.29, 0.717) is 18.0 Å². The van der Waals surface area contributed by atoms with E-state index in [4.69, 9.17) is 4.74 Å². The Balaban J connectivity index is 1.54. The van der Waals surface area contributed by atoms with E-state index in [9.17, 15) is 9.18 Å². The van der Waals surface area contributed by atoms with Gasteiger partial charge in [-0.1, -0.05) is 75.6 Å². The standard InChI is InChI=1S/C27H36FNO2/c1-21(2)20-29-27(30)26(28)22(3)13-9-7-5-4-6-8-12-18-31-25-17-16-23-14-10-11-15-24(23)19-25/h9-11,13-17,19,21H,4-8,12,18,20H2,1-3H3,(H,29,30). The fourth-order valence-corrected chi connectivity index (χ4v) is 3.23. The van der Waals surface area contributed by atoms with Gasteiger partial charge >= 0.3 is 0 Å². The molecule has 0 saturated heterocycles. The summed E-state index contributed by atoms with van der Waals surface area (Å²) in [6.07, 6.45) is 10.1. The first-order valence-corrected chi connectivity index (χ1v) is 11.4. The SMILES string of the molecule is CC(C=CCCCCCCCOc1ccc2ccccc2c1)=C(F)C(=O)NCC(C)C. The van der Waals surface area contributed by atoms with E-state index in [2.05, 4.69) is 29.6 Å². The normalized spacial score (nSPS) is 12.4. The van der Waals surface area contributed by atoms with Gasteiger partial charge in [0.05, 0.1) is 6.61 Å². The van der Waals surface area contributed by atoms with Crippen molar-refractivity contribution in [3.63, 3.8) is 0 Å². The van der Waals surface area contributed by atoms with Crippen molar-refractivity contribution in [3.8, 4) is 5.75 Å². The molecule has 1 N–H and O–H groups in total. The molecule has 1 amide bonds. The Morgan fingerprint density at radius 1 is 1.03 bits per heavy atom. The monoisotopic (exact) mass is 425 g/mol. The van der Waals surface area contributed by atoms with Gasteiger partial charge in [0.1, 0.15) is 5.75 Å². The van der Waals surface area contributed by atoms with Gasteiger partial charge in [0.15, 0.2) is 5.83 Å². The average Bonchev–Trinajstić information content (AvgIpc) is 2.77. The molecule has 0 aliphatic carbocycles. The van der Waals surface area contributed by atoms with Crippen LogP contribution in [0.2, 0.25) is 0 Å². The lowest BCUT2D eigenvalue weighted by molar-refractivity contribution is -0.119. The first kappa shape index (κ1) is 24.6. The van der Waals surface area contributed by atoms with E-state index >= 15 is 0 Å². The van der Waals surface area contributed by atoms with Crippen LogP contribution in [0.15, 0.2) is 66.0 Å². The second-order valence-electron chi connectivity index (χ2n) is 8.42. The number of carbonyl (C=O) groups excluding carboxylic acids is 1. The number of halogens is 1. The van der Waals surface area contributed by atoms with E-state index in [1.807, 2.05) is 38.1 Å². The van der Waals surface area contributed by atoms with E-state index < -0.39 is 11.7 Å². The Bertz CT molecular complexity index is 886. The molecule has 0 heterocycles. The Kier molecular flexibility index (Phi) is 10.8. The first-order valence-electron chi connectivity index (χ1n) is 11.4. The zero-order chi connectivity index (χ0) is 22.5. The van der Waals surface area contributed by atoms with Gasteiger partial charge in [-0.25, -0.2) is 4.39 Å². The number of amides is 1. The van der Waals surface area contributed by atoms with Crippen molar-refractivity contribution in [1.82, 2.24) is 5.32 Å². The lowest BCUT2D eigenvalue weighted by Gasteiger charge is -2.07. The maximum absolute atomic E-state index is 14.0. The number of fused-ring (bicyclic) bond motifs is 1. The molecule has 0 aromatic heterocycles. The summed E-state index contributed by atoms with van der Waals surface area (Å²) in [5.41, 5.74) is 0.382. The van der Waals surface area contributed by atoms with Gasteiger partial charge in [0.25, 0.3) is 5.91 Å². The summed E-state index contributed by atoms with van der Waals surface area (Å²) in [6, 6.07) is 14.5. The summed E-state index contributed by atoms with van der Waals surface area (Å²) in [5.74, 6) is -0.0831. The third-order valence-electron chi connectivity index (χ3n) is 5.09. The maximum atomic E-state index is 14.0. The molecule has 0 saturated carbocycles. The summed E-state index contributed by atoms with van der Waals surface area (Å²) >= 11 is 0. The number of benzene rings is 2. The van der Waals surface area contributed by atoms with E-state index in [1.54, 1.807) is 13.0 Å². The molecule has 0 spiro atoms. The summed E-state index contributed by atoms with van der Waals surface area (Å²) in [7, 11) is 0. The summed E-state index contributed by atoms with van der Waals surface area (Å²) in [4.78, 5) is 11.7. The van der Waals surface area contributed by atoms with Crippen LogP contribution >= 0.6 is 0 Å². The highest BCUT2D eigenvalue weighted by atomic mass is 19.1. The van der Waals surface area contributed by atoms with Crippen molar-refractivity contribution in [1.29, 1.82) is 0 Å². The minimum Gasteiger partial charge on any atom is -0.494 e. The molecule has 3 nitrogen and oxygen atoms in total. The lowest BCUT2D eigenvalue weighted by atomic mass is 10.1. The molecule has 4 heteroatoms. The minimum absolute atomic E-state index is 0.304. The van der Waals surface area contributed by atoms with Crippen molar-refractivity contribution in [2.75, 3.05) is 13.2 Å². The van der Waals surface area contributed by atoms with Crippen LogP contribution in [-0.2, 0) is 4.79 Å². The zero-order valence-electron chi connectivity index (χ0n) is 19.1. The van der Waals surface area contributed by atoms with Crippen molar-refractivity contribution in [2.45, 2.75) is 59.3 Å². The van der Waals surface area contributed by atoms with Gasteiger partial charge in [0.2, 0.25) is 0 Å². The van der Waals surface area contributed by atoms with Gasteiger partial charge < -0.3 is 10.1 Å². The van der Waals surface area contributed by atoms with Crippen LogP contribution in [0.3, 0.4) is 0 Å². The molecule has 0 fully saturated rings. The van der Waals surface area contributed by atoms with Crippen LogP contribution in [0.4, 0.5) is 4.39 Å². The second kappa shape index (κ2) is 13.6. The van der Waals surface area contributed by atoms with Crippen LogP contribution in [0.5, 0.6) is 5.75 Å². The van der Waals surface area contributed by atoms with E-state index in [1.165, 1.54) is 10.8 Å². The van der Waals surface area contributed by atoms with Gasteiger partial charge in [-0.3, -0.25) is 4.79 Å². The smallest absolute Gasteiger partial charge is 0.280 e. The van der Waals surface area contributed by atoms with Gasteiger partial charge in [-0.2, -0.15) is 0 Å². The Hall–Kier alpha value is -2.62. The van der Waals surface area contributed by atoms with E-state index in [0.717, 1.165) is 50.9 Å². The molecule has 0 aliphatic rings. The molecule has 2 aromatic rings. The van der Waals surface area contributed by atoms with Crippen LogP contribution in [0.1, 0.15) is 59.3 Å². The van der Waals surface area contributed by atoms with Gasteiger partial charge in [-0.05, 0) is 60.6 Å². The van der Waals surface area contributed by atoms with Crippen molar-refractivity contribution >= 4 is 16.7 Å². The minimum atomic E-state index is -0.691. The number of hydrogen-bond donors (Lipinski definition) is 1. The molecule has 0 aliphatic heterocycles. The van der Waals surface area contributed by atoms with Crippen molar-refractivity contribution in [2.24, 2.45) is 5.92 Å². The average molecular weight is 426 g/mol. The van der Waals surface area contributed by atoms with Crippen LogP contribution in [0, 0.1) is 5.92 Å². The molecule has 2 rings (SSSR count). The Morgan fingerprint density at radius 2 is 1.74 bits per heavy atom. The Morgan fingerprint density at radius 3 is 2.52 bits per heavy atom. The summed E-state index contributed by atoms with van der Waals surface area (Å²) in [5, 5.41) is 5.03. The van der Waals surface area contributed by atoms with Crippen molar-refractivity contribution in [3.05, 3.63) is 66.0 Å². The van der Waals surface area contributed by atoms with Crippen LogP contribution in [0.25, 0.3) is 10.8 Å². The highest BCUT2D eigenvalue weighted by Gasteiger charge is 2.10. The van der Waals surface area contributed by atoms with Gasteiger partial charge in [-0.15, -0.1) is 0 Å². The third-order valence-corrected chi connectivity index (χ3v) is 5.09. The van der Waals surface area contributed by atoms with E-state index in [-0.39, 0.29) is 0 Å². The molecule has 168 valence electrons. The number of rotatable bonds is 13. The highest BCUT2D eigenvalue weighted by Crippen LogP contribution is 2.21. The number of hydrogen-bond acceptors (Lipinski definition) is 2. The molecule has 0 radical (unpaired) electrons. The zero-order valence-corrected chi connectivity index (χ0v) is 19.1. The molecule has 0 unspecified atom stereocenters. The first-order chi connectivity index (χ1) is 15.0. The quantitative estimate of drug-likeness (QED) is 0.211. The number of allylic oxidation sites excluding steroid dienone is 3. The molecule has 0 bridgehead atoms. The molecular weight excluding hydrogens is 389 g/mol. The fourth-order valence-electron chi connectivity index (χ4n) is 3.23. The third kappa shape index (κ3) is 9.37. The number of unbranched alkanes of at least 4 members (excludes halogenated alkanes) is 5. The fraction of sp³-hybridized carbons (Fsp3) is 0.444. The largest absolute Gasteiger partial charge is 0.494 e. The number of nitrogens with one attached hydrogen (secondary N) is 1. The Labute approximate surface area is 186 Å². The number of ether oxygens (including phenoxy) is 1. The molecular formula is C27H36FNO2. The predicted octanol–water partition coefficient (Wildman–Crippen LogP) is 7.13.